The minimum absolute atomic E-state index is 0.194. The van der Waals surface area contributed by atoms with Crippen molar-refractivity contribution in [3.05, 3.63) is 71.0 Å². The van der Waals surface area contributed by atoms with E-state index in [1.165, 1.54) is 6.07 Å². The number of fused-ring (bicyclic) bond motifs is 3. The first-order valence-electron chi connectivity index (χ1n) is 9.43. The molecule has 29 heavy (non-hydrogen) atoms. The number of rotatable bonds is 5. The number of nitrogen functional groups attached to an aromatic ring is 1. The van der Waals surface area contributed by atoms with Gasteiger partial charge >= 0.3 is 0 Å². The molecule has 4 N–H and O–H groups in total. The first kappa shape index (κ1) is 19.7. The predicted molar refractivity (Wildman–Crippen MR) is 115 cm³/mol. The second-order valence-corrected chi connectivity index (χ2v) is 7.89. The minimum Gasteiger partial charge on any atom is -0.399 e. The molecule has 8 heteroatoms. The lowest BCUT2D eigenvalue weighted by Crippen LogP contribution is -2.41. The summed E-state index contributed by atoms with van der Waals surface area (Å²) in [6.45, 7) is 0.608. The highest BCUT2D eigenvalue weighted by Crippen LogP contribution is 2.39. The SMILES string of the molecule is CN(C)C(CCN1c2ccc(N)cc2-n2cncc2C1N)c1c(F)cccc1Cl. The van der Waals surface area contributed by atoms with Crippen molar-refractivity contribution in [2.75, 3.05) is 31.3 Å². The van der Waals surface area contributed by atoms with Crippen LogP contribution in [0.3, 0.4) is 0 Å². The summed E-state index contributed by atoms with van der Waals surface area (Å²) in [5, 5.41) is 0.429. The third-order valence-electron chi connectivity index (χ3n) is 5.47. The van der Waals surface area contributed by atoms with Gasteiger partial charge < -0.3 is 21.3 Å². The summed E-state index contributed by atoms with van der Waals surface area (Å²) in [6.07, 6.45) is 3.78. The van der Waals surface area contributed by atoms with Gasteiger partial charge in [-0.1, -0.05) is 17.7 Å². The van der Waals surface area contributed by atoms with Gasteiger partial charge in [0.15, 0.2) is 0 Å². The molecule has 0 fully saturated rings. The summed E-state index contributed by atoms with van der Waals surface area (Å²) in [4.78, 5) is 8.34. The van der Waals surface area contributed by atoms with Crippen LogP contribution in [0.15, 0.2) is 48.9 Å². The quantitative estimate of drug-likeness (QED) is 0.622. The fourth-order valence-corrected chi connectivity index (χ4v) is 4.31. The van der Waals surface area contributed by atoms with Crippen molar-refractivity contribution in [1.82, 2.24) is 14.5 Å². The molecule has 0 saturated carbocycles. The van der Waals surface area contributed by atoms with Gasteiger partial charge in [-0.25, -0.2) is 9.37 Å². The van der Waals surface area contributed by atoms with Crippen LogP contribution in [0.5, 0.6) is 0 Å². The van der Waals surface area contributed by atoms with Crippen molar-refractivity contribution in [3.63, 3.8) is 0 Å². The van der Waals surface area contributed by atoms with E-state index in [4.69, 9.17) is 23.1 Å². The lowest BCUT2D eigenvalue weighted by atomic mass is 10.0. The van der Waals surface area contributed by atoms with E-state index in [0.717, 1.165) is 17.1 Å². The number of imidazole rings is 1. The van der Waals surface area contributed by atoms with E-state index >= 15 is 0 Å². The molecule has 2 heterocycles. The summed E-state index contributed by atoms with van der Waals surface area (Å²) < 4.78 is 16.5. The number of benzene rings is 2. The first-order chi connectivity index (χ1) is 13.9. The largest absolute Gasteiger partial charge is 0.399 e. The monoisotopic (exact) mass is 414 g/mol. The van der Waals surface area contributed by atoms with Gasteiger partial charge in [0.1, 0.15) is 12.0 Å². The number of nitrogens with zero attached hydrogens (tertiary/aromatic N) is 4. The summed E-state index contributed by atoms with van der Waals surface area (Å²) in [5.74, 6) is -0.301. The summed E-state index contributed by atoms with van der Waals surface area (Å²) >= 11 is 6.34. The van der Waals surface area contributed by atoms with Crippen molar-refractivity contribution >= 4 is 23.0 Å². The van der Waals surface area contributed by atoms with Crippen molar-refractivity contribution in [2.45, 2.75) is 18.6 Å². The molecular weight excluding hydrogens is 391 g/mol. The molecule has 152 valence electrons. The zero-order valence-corrected chi connectivity index (χ0v) is 17.1. The lowest BCUT2D eigenvalue weighted by Gasteiger charge is -2.38. The molecule has 4 rings (SSSR count). The van der Waals surface area contributed by atoms with Crippen LogP contribution in [0.2, 0.25) is 5.02 Å². The van der Waals surface area contributed by atoms with E-state index in [0.29, 0.717) is 29.2 Å². The van der Waals surface area contributed by atoms with Crippen LogP contribution in [-0.2, 0) is 0 Å². The maximum atomic E-state index is 14.6. The number of halogens is 2. The molecule has 6 nitrogen and oxygen atoms in total. The zero-order valence-electron chi connectivity index (χ0n) is 16.4. The van der Waals surface area contributed by atoms with Crippen LogP contribution in [0.1, 0.15) is 29.9 Å². The van der Waals surface area contributed by atoms with Gasteiger partial charge in [0.05, 0.1) is 29.6 Å². The van der Waals surface area contributed by atoms with Gasteiger partial charge in [0.25, 0.3) is 0 Å². The molecular formula is C21H24ClFN6. The first-order valence-corrected chi connectivity index (χ1v) is 9.81. The lowest BCUT2D eigenvalue weighted by molar-refractivity contribution is 0.276. The Morgan fingerprint density at radius 1 is 1.24 bits per heavy atom. The Bertz CT molecular complexity index is 1010. The summed E-state index contributed by atoms with van der Waals surface area (Å²) in [6, 6.07) is 10.3. The van der Waals surface area contributed by atoms with Crippen LogP contribution in [-0.4, -0.2) is 35.1 Å². The number of anilines is 2. The molecule has 2 atom stereocenters. The highest BCUT2D eigenvalue weighted by atomic mass is 35.5. The van der Waals surface area contributed by atoms with Gasteiger partial charge in [0.2, 0.25) is 0 Å². The third-order valence-corrected chi connectivity index (χ3v) is 5.80. The van der Waals surface area contributed by atoms with Gasteiger partial charge in [-0.15, -0.1) is 0 Å². The Hall–Kier alpha value is -2.61. The van der Waals surface area contributed by atoms with Crippen LogP contribution < -0.4 is 16.4 Å². The zero-order chi connectivity index (χ0) is 20.7. The van der Waals surface area contributed by atoms with E-state index in [2.05, 4.69) is 9.88 Å². The Morgan fingerprint density at radius 3 is 2.76 bits per heavy atom. The van der Waals surface area contributed by atoms with Gasteiger partial charge in [-0.05, 0) is 50.8 Å². The minimum atomic E-state index is -0.368. The van der Waals surface area contributed by atoms with E-state index < -0.39 is 0 Å². The molecule has 2 unspecified atom stereocenters. The van der Waals surface area contributed by atoms with Crippen molar-refractivity contribution in [3.8, 4) is 5.69 Å². The average molecular weight is 415 g/mol. The maximum Gasteiger partial charge on any atom is 0.129 e. The van der Waals surface area contributed by atoms with Gasteiger partial charge in [0, 0.05) is 28.9 Å². The van der Waals surface area contributed by atoms with Crippen molar-refractivity contribution in [2.24, 2.45) is 5.73 Å². The van der Waals surface area contributed by atoms with E-state index in [1.807, 2.05) is 41.8 Å². The van der Waals surface area contributed by atoms with Crippen LogP contribution in [0, 0.1) is 5.82 Å². The molecule has 0 saturated heterocycles. The fourth-order valence-electron chi connectivity index (χ4n) is 4.02. The van der Waals surface area contributed by atoms with Crippen molar-refractivity contribution < 1.29 is 4.39 Å². The Labute approximate surface area is 174 Å². The van der Waals surface area contributed by atoms with Crippen LogP contribution in [0.4, 0.5) is 15.8 Å². The standard InChI is InChI=1S/C21H24ClFN6/c1-27(2)17(20-14(22)4-3-5-15(20)23)8-9-28-16-7-6-13(24)10-18(16)29-12-26-11-19(29)21(28)25/h3-7,10-12,17,21H,8-9,24-25H2,1-2H3. The average Bonchev–Trinajstić information content (AvgIpc) is 3.16. The van der Waals surface area contributed by atoms with Crippen molar-refractivity contribution in [1.29, 1.82) is 0 Å². The molecule has 0 aliphatic carbocycles. The predicted octanol–water partition coefficient (Wildman–Crippen LogP) is 3.72. The Kier molecular flexibility index (Phi) is 5.21. The molecule has 1 aromatic heterocycles. The second-order valence-electron chi connectivity index (χ2n) is 7.48. The number of nitrogens with two attached hydrogens (primary N) is 2. The number of aromatic nitrogens is 2. The van der Waals surface area contributed by atoms with E-state index in [-0.39, 0.29) is 18.0 Å². The third kappa shape index (κ3) is 3.46. The van der Waals surface area contributed by atoms with E-state index in [1.54, 1.807) is 24.7 Å². The van der Waals surface area contributed by atoms with Crippen LogP contribution >= 0.6 is 11.6 Å². The highest BCUT2D eigenvalue weighted by Gasteiger charge is 2.30. The normalized spacial score (nSPS) is 16.6. The molecule has 0 bridgehead atoms. The number of hydrogen-bond donors (Lipinski definition) is 2. The molecule has 3 aromatic rings. The number of hydrogen-bond acceptors (Lipinski definition) is 5. The Balaban J connectivity index is 1.67. The molecule has 1 aliphatic rings. The molecule has 1 aliphatic heterocycles. The summed E-state index contributed by atoms with van der Waals surface area (Å²) in [5.41, 5.74) is 16.5. The highest BCUT2D eigenvalue weighted by molar-refractivity contribution is 6.31. The second kappa shape index (κ2) is 7.67. The fraction of sp³-hybridized carbons (Fsp3) is 0.286. The molecule has 2 aromatic carbocycles. The smallest absolute Gasteiger partial charge is 0.129 e. The molecule has 0 amide bonds. The molecule has 0 radical (unpaired) electrons. The Morgan fingerprint density at radius 2 is 2.03 bits per heavy atom. The van der Waals surface area contributed by atoms with Crippen LogP contribution in [0.25, 0.3) is 5.69 Å². The summed E-state index contributed by atoms with van der Waals surface area (Å²) in [7, 11) is 3.85. The van der Waals surface area contributed by atoms with Gasteiger partial charge in [-0.2, -0.15) is 0 Å². The molecule has 0 spiro atoms. The maximum absolute atomic E-state index is 14.6. The van der Waals surface area contributed by atoms with E-state index in [9.17, 15) is 4.39 Å². The topological polar surface area (TPSA) is 76.3 Å². The van der Waals surface area contributed by atoms with Gasteiger partial charge in [-0.3, -0.25) is 4.57 Å².